The van der Waals surface area contributed by atoms with Crippen LogP contribution >= 0.6 is 23.2 Å². The van der Waals surface area contributed by atoms with Gasteiger partial charge < -0.3 is 14.9 Å². The van der Waals surface area contributed by atoms with Crippen molar-refractivity contribution in [1.82, 2.24) is 5.43 Å². The van der Waals surface area contributed by atoms with Gasteiger partial charge in [-0.3, -0.25) is 0 Å². The predicted molar refractivity (Wildman–Crippen MR) is 119 cm³/mol. The molecule has 0 fully saturated rings. The van der Waals surface area contributed by atoms with Gasteiger partial charge in [0.1, 0.15) is 6.61 Å². The van der Waals surface area contributed by atoms with Crippen LogP contribution < -0.4 is 14.9 Å². The van der Waals surface area contributed by atoms with Crippen molar-refractivity contribution in [1.29, 1.82) is 0 Å². The van der Waals surface area contributed by atoms with Gasteiger partial charge in [-0.05, 0) is 48.4 Å². The Labute approximate surface area is 181 Å². The van der Waals surface area contributed by atoms with Gasteiger partial charge in [0, 0.05) is 15.6 Å². The zero-order valence-corrected chi connectivity index (χ0v) is 17.8. The number of nitrogens with zero attached hydrogens (tertiary/aromatic N) is 1. The highest BCUT2D eigenvalue weighted by Crippen LogP contribution is 2.28. The summed E-state index contributed by atoms with van der Waals surface area (Å²) < 4.78 is 11.4. The van der Waals surface area contributed by atoms with Gasteiger partial charge in [0.15, 0.2) is 11.5 Å². The summed E-state index contributed by atoms with van der Waals surface area (Å²) in [5.74, 6) is 1.33. The molecule has 1 N–H and O–H groups in total. The maximum atomic E-state index is 6.16. The number of halogens is 2. The Morgan fingerprint density at radius 3 is 2.38 bits per heavy atom. The van der Waals surface area contributed by atoms with E-state index >= 15 is 0 Å². The lowest BCUT2D eigenvalue weighted by Crippen LogP contribution is -2.06. The summed E-state index contributed by atoms with van der Waals surface area (Å²) >= 11 is 12.3. The van der Waals surface area contributed by atoms with Crippen molar-refractivity contribution < 1.29 is 9.47 Å². The minimum atomic E-state index is 0.434. The van der Waals surface area contributed by atoms with Crippen molar-refractivity contribution in [2.24, 2.45) is 5.10 Å². The van der Waals surface area contributed by atoms with Crippen LogP contribution in [0.15, 0.2) is 65.8 Å². The molecule has 0 saturated carbocycles. The van der Waals surface area contributed by atoms with Gasteiger partial charge in [-0.2, -0.15) is 5.10 Å². The maximum Gasteiger partial charge on any atom is 0.161 e. The first kappa shape index (κ1) is 21.0. The van der Waals surface area contributed by atoms with Gasteiger partial charge in [-0.1, -0.05) is 59.1 Å². The number of benzene rings is 3. The topological polar surface area (TPSA) is 42.8 Å². The number of rotatable bonds is 8. The lowest BCUT2D eigenvalue weighted by Gasteiger charge is -2.11. The number of nitrogens with one attached hydrogen (secondary N) is 1. The van der Waals surface area contributed by atoms with E-state index in [0.29, 0.717) is 34.7 Å². The third-order valence-corrected chi connectivity index (χ3v) is 5.03. The molecule has 150 valence electrons. The summed E-state index contributed by atoms with van der Waals surface area (Å²) in [5, 5.41) is 5.45. The van der Waals surface area contributed by atoms with E-state index in [1.165, 1.54) is 5.56 Å². The molecule has 3 aromatic carbocycles. The van der Waals surface area contributed by atoms with Gasteiger partial charge in [-0.15, -0.1) is 0 Å². The van der Waals surface area contributed by atoms with Crippen LogP contribution in [0.25, 0.3) is 0 Å². The lowest BCUT2D eigenvalue weighted by molar-refractivity contribution is 0.284. The van der Waals surface area contributed by atoms with Gasteiger partial charge in [-0.25, -0.2) is 0 Å². The van der Waals surface area contributed by atoms with E-state index in [1.54, 1.807) is 25.5 Å². The Kier molecular flexibility index (Phi) is 7.39. The average molecular weight is 429 g/mol. The molecule has 29 heavy (non-hydrogen) atoms. The molecular formula is C23H22Cl2N2O2. The van der Waals surface area contributed by atoms with Crippen LogP contribution in [0, 0.1) is 6.92 Å². The fraction of sp³-hybridized carbons (Fsp3) is 0.174. The van der Waals surface area contributed by atoms with Gasteiger partial charge in [0.05, 0.1) is 19.9 Å². The Morgan fingerprint density at radius 1 is 0.966 bits per heavy atom. The van der Waals surface area contributed by atoms with Crippen LogP contribution in [0.1, 0.15) is 22.3 Å². The van der Waals surface area contributed by atoms with Crippen molar-refractivity contribution >= 4 is 29.4 Å². The maximum absolute atomic E-state index is 6.16. The highest BCUT2D eigenvalue weighted by Gasteiger charge is 2.06. The first-order valence-corrected chi connectivity index (χ1v) is 9.87. The second kappa shape index (κ2) is 10.2. The standard InChI is InChI=1S/C23H22Cl2N2O2/c1-16-6-8-17(9-7-16)15-29-22-11-10-18(12-23(22)28-2)13-26-27-14-19-20(24)4-3-5-21(19)25/h3-13,27H,14-15H2,1-2H3/b26-13+. The summed E-state index contributed by atoms with van der Waals surface area (Å²) in [6, 6.07) is 19.3. The van der Waals surface area contributed by atoms with Crippen molar-refractivity contribution in [2.45, 2.75) is 20.1 Å². The fourth-order valence-corrected chi connectivity index (χ4v) is 3.21. The van der Waals surface area contributed by atoms with Crippen molar-refractivity contribution in [3.63, 3.8) is 0 Å². The van der Waals surface area contributed by atoms with Crippen LogP contribution in [-0.2, 0) is 13.2 Å². The average Bonchev–Trinajstić information content (AvgIpc) is 2.73. The van der Waals surface area contributed by atoms with Gasteiger partial charge in [0.25, 0.3) is 0 Å². The largest absolute Gasteiger partial charge is 0.493 e. The molecule has 0 aliphatic carbocycles. The number of hydrogen-bond donors (Lipinski definition) is 1. The lowest BCUT2D eigenvalue weighted by atomic mass is 10.2. The fourth-order valence-electron chi connectivity index (χ4n) is 2.68. The van der Waals surface area contributed by atoms with Crippen LogP contribution in [0.2, 0.25) is 10.0 Å². The Balaban J connectivity index is 1.60. The summed E-state index contributed by atoms with van der Waals surface area (Å²) in [5.41, 5.74) is 6.98. The molecular weight excluding hydrogens is 407 g/mol. The van der Waals surface area contributed by atoms with E-state index < -0.39 is 0 Å². The SMILES string of the molecule is COc1cc(/C=N/NCc2c(Cl)cccc2Cl)ccc1OCc1ccc(C)cc1. The molecule has 0 amide bonds. The van der Waals surface area contributed by atoms with Crippen LogP contribution in [-0.4, -0.2) is 13.3 Å². The highest BCUT2D eigenvalue weighted by atomic mass is 35.5. The van der Waals surface area contributed by atoms with E-state index in [1.807, 2.05) is 24.3 Å². The summed E-state index contributed by atoms with van der Waals surface area (Å²) in [6.45, 7) is 2.97. The van der Waals surface area contributed by atoms with Gasteiger partial charge >= 0.3 is 0 Å². The number of ether oxygens (including phenoxy) is 2. The van der Waals surface area contributed by atoms with Gasteiger partial charge in [0.2, 0.25) is 0 Å². The summed E-state index contributed by atoms with van der Waals surface area (Å²) in [6.07, 6.45) is 1.71. The molecule has 4 nitrogen and oxygen atoms in total. The zero-order chi connectivity index (χ0) is 20.6. The molecule has 0 radical (unpaired) electrons. The van der Waals surface area contributed by atoms with Crippen LogP contribution in [0.3, 0.4) is 0 Å². The van der Waals surface area contributed by atoms with Crippen molar-refractivity contribution in [3.8, 4) is 11.5 Å². The Bertz CT molecular complexity index is 968. The number of aryl methyl sites for hydroxylation is 1. The molecule has 3 rings (SSSR count). The smallest absolute Gasteiger partial charge is 0.161 e. The van der Waals surface area contributed by atoms with E-state index in [9.17, 15) is 0 Å². The summed E-state index contributed by atoms with van der Waals surface area (Å²) in [7, 11) is 1.62. The number of methoxy groups -OCH3 is 1. The third-order valence-electron chi connectivity index (χ3n) is 4.33. The molecule has 0 bridgehead atoms. The van der Waals surface area contributed by atoms with E-state index in [-0.39, 0.29) is 0 Å². The molecule has 0 aliphatic heterocycles. The minimum Gasteiger partial charge on any atom is -0.493 e. The molecule has 0 unspecified atom stereocenters. The molecule has 0 saturated heterocycles. The monoisotopic (exact) mass is 428 g/mol. The number of hydrogen-bond acceptors (Lipinski definition) is 4. The second-order valence-electron chi connectivity index (χ2n) is 6.48. The second-order valence-corrected chi connectivity index (χ2v) is 7.29. The zero-order valence-electron chi connectivity index (χ0n) is 16.3. The molecule has 0 spiro atoms. The van der Waals surface area contributed by atoms with Crippen LogP contribution in [0.4, 0.5) is 0 Å². The molecule has 0 heterocycles. The summed E-state index contributed by atoms with van der Waals surface area (Å²) in [4.78, 5) is 0. The first-order valence-electron chi connectivity index (χ1n) is 9.12. The molecule has 6 heteroatoms. The highest BCUT2D eigenvalue weighted by molar-refractivity contribution is 6.35. The molecule has 0 atom stereocenters. The Morgan fingerprint density at radius 2 is 1.69 bits per heavy atom. The molecule has 3 aromatic rings. The van der Waals surface area contributed by atoms with E-state index in [4.69, 9.17) is 32.7 Å². The normalized spacial score (nSPS) is 10.9. The molecule has 0 aliphatic rings. The van der Waals surface area contributed by atoms with Crippen molar-refractivity contribution in [2.75, 3.05) is 7.11 Å². The number of hydrazone groups is 1. The predicted octanol–water partition coefficient (Wildman–Crippen LogP) is 6.01. The first-order chi connectivity index (χ1) is 14.1. The Hall–Kier alpha value is -2.69. The van der Waals surface area contributed by atoms with Crippen LogP contribution in [0.5, 0.6) is 11.5 Å². The molecule has 0 aromatic heterocycles. The van der Waals surface area contributed by atoms with Crippen molar-refractivity contribution in [3.05, 3.63) is 93.0 Å². The van der Waals surface area contributed by atoms with E-state index in [0.717, 1.165) is 16.7 Å². The van der Waals surface area contributed by atoms with E-state index in [2.05, 4.69) is 41.7 Å². The minimum absolute atomic E-state index is 0.434. The third kappa shape index (κ3) is 5.89. The quantitative estimate of drug-likeness (QED) is 0.352.